The predicted octanol–water partition coefficient (Wildman–Crippen LogP) is 2.94. The summed E-state index contributed by atoms with van der Waals surface area (Å²) < 4.78 is 27.5. The molecule has 5 heteroatoms. The molecule has 1 aliphatic rings. The molecule has 1 fully saturated rings. The molecule has 0 saturated carbocycles. The number of benzene rings is 1. The summed E-state index contributed by atoms with van der Waals surface area (Å²) in [5, 5.41) is 0. The van der Waals surface area contributed by atoms with Crippen LogP contribution in [0.5, 0.6) is 0 Å². The molecule has 118 valence electrons. The second-order valence-corrected chi connectivity index (χ2v) is 9.03. The lowest BCUT2D eigenvalue weighted by molar-refractivity contribution is 0.252. The van der Waals surface area contributed by atoms with E-state index >= 15 is 0 Å². The minimum absolute atomic E-state index is 0.122. The zero-order valence-electron chi connectivity index (χ0n) is 13.6. The highest BCUT2D eigenvalue weighted by Gasteiger charge is 2.38. The Labute approximate surface area is 128 Å². The topological polar surface area (TPSA) is 63.4 Å². The molecule has 1 heterocycles. The largest absolute Gasteiger partial charge is 0.397 e. The number of rotatable bonds is 2. The van der Waals surface area contributed by atoms with Crippen LogP contribution in [0.4, 0.5) is 5.69 Å². The summed E-state index contributed by atoms with van der Waals surface area (Å²) in [4.78, 5) is 0.289. The summed E-state index contributed by atoms with van der Waals surface area (Å²) in [6.45, 7) is 11.3. The fraction of sp³-hybridized carbons (Fsp3) is 0.625. The van der Waals surface area contributed by atoms with Crippen molar-refractivity contribution in [1.82, 2.24) is 4.31 Å². The maximum atomic E-state index is 12.9. The van der Waals surface area contributed by atoms with Crippen molar-refractivity contribution in [3.05, 3.63) is 23.3 Å². The minimum Gasteiger partial charge on any atom is -0.397 e. The lowest BCUT2D eigenvalue weighted by atomic mass is 9.80. The predicted molar refractivity (Wildman–Crippen MR) is 86.6 cm³/mol. The molecule has 0 aliphatic carbocycles. The number of nitrogens with two attached hydrogens (primary N) is 1. The Morgan fingerprint density at radius 2 is 1.76 bits per heavy atom. The molecule has 1 aliphatic heterocycles. The number of sulfonamides is 1. The summed E-state index contributed by atoms with van der Waals surface area (Å²) in [7, 11) is -3.51. The first-order valence-electron chi connectivity index (χ1n) is 7.41. The third-order valence-electron chi connectivity index (χ3n) is 4.58. The molecule has 0 spiro atoms. The SMILES string of the molecule is Cc1ccc(C)c(S(=O)(=O)N2CCC(C(C)(C)C)C2)c1N. The lowest BCUT2D eigenvalue weighted by Crippen LogP contribution is -2.32. The van der Waals surface area contributed by atoms with E-state index < -0.39 is 10.0 Å². The Bertz CT molecular complexity index is 645. The van der Waals surface area contributed by atoms with Crippen LogP contribution in [0, 0.1) is 25.2 Å². The minimum atomic E-state index is -3.51. The fourth-order valence-electron chi connectivity index (χ4n) is 2.93. The molecule has 0 amide bonds. The van der Waals surface area contributed by atoms with E-state index in [-0.39, 0.29) is 10.3 Å². The Kier molecular flexibility index (Phi) is 4.10. The molecule has 2 rings (SSSR count). The van der Waals surface area contributed by atoms with Gasteiger partial charge in [0.15, 0.2) is 0 Å². The van der Waals surface area contributed by atoms with E-state index in [1.807, 2.05) is 19.1 Å². The first-order valence-corrected chi connectivity index (χ1v) is 8.85. The van der Waals surface area contributed by atoms with Crippen LogP contribution < -0.4 is 5.73 Å². The van der Waals surface area contributed by atoms with Crippen LogP contribution in [-0.2, 0) is 10.0 Å². The molecule has 0 radical (unpaired) electrons. The Morgan fingerprint density at radius 1 is 1.19 bits per heavy atom. The third-order valence-corrected chi connectivity index (χ3v) is 6.65. The van der Waals surface area contributed by atoms with Gasteiger partial charge >= 0.3 is 0 Å². The fourth-order valence-corrected chi connectivity index (χ4v) is 4.83. The van der Waals surface area contributed by atoms with E-state index in [1.54, 1.807) is 11.2 Å². The van der Waals surface area contributed by atoms with Crippen molar-refractivity contribution in [3.63, 3.8) is 0 Å². The monoisotopic (exact) mass is 310 g/mol. The number of nitrogen functional groups attached to an aromatic ring is 1. The normalized spacial score (nSPS) is 20.9. The van der Waals surface area contributed by atoms with Crippen molar-refractivity contribution in [2.75, 3.05) is 18.8 Å². The second-order valence-electron chi connectivity index (χ2n) is 7.16. The van der Waals surface area contributed by atoms with Gasteiger partial charge in [0.1, 0.15) is 4.90 Å². The van der Waals surface area contributed by atoms with Gasteiger partial charge in [0, 0.05) is 13.1 Å². The molecule has 1 saturated heterocycles. The number of hydrogen-bond donors (Lipinski definition) is 1. The van der Waals surface area contributed by atoms with Gasteiger partial charge in [-0.2, -0.15) is 4.31 Å². The maximum absolute atomic E-state index is 12.9. The molecule has 0 aromatic heterocycles. The van der Waals surface area contributed by atoms with Gasteiger partial charge in [-0.15, -0.1) is 0 Å². The quantitative estimate of drug-likeness (QED) is 0.854. The molecule has 1 aromatic carbocycles. The average Bonchev–Trinajstić information content (AvgIpc) is 2.84. The van der Waals surface area contributed by atoms with Gasteiger partial charge in [-0.1, -0.05) is 32.9 Å². The smallest absolute Gasteiger partial charge is 0.245 e. The molecule has 4 nitrogen and oxygen atoms in total. The average molecular weight is 310 g/mol. The Hall–Kier alpha value is -1.07. The second kappa shape index (κ2) is 5.29. The van der Waals surface area contributed by atoms with Gasteiger partial charge in [0.2, 0.25) is 10.0 Å². The van der Waals surface area contributed by atoms with E-state index in [9.17, 15) is 8.42 Å². The van der Waals surface area contributed by atoms with E-state index in [0.717, 1.165) is 17.5 Å². The summed E-state index contributed by atoms with van der Waals surface area (Å²) in [6.07, 6.45) is 0.910. The van der Waals surface area contributed by atoms with Crippen LogP contribution in [-0.4, -0.2) is 25.8 Å². The zero-order valence-corrected chi connectivity index (χ0v) is 14.4. The molecule has 0 bridgehead atoms. The standard InChI is InChI=1S/C16H26N2O2S/c1-11-6-7-12(2)15(14(11)17)21(19,20)18-9-8-13(10-18)16(3,4)5/h6-7,13H,8-10,17H2,1-5H3. The first kappa shape index (κ1) is 16.3. The van der Waals surface area contributed by atoms with E-state index in [2.05, 4.69) is 20.8 Å². The van der Waals surface area contributed by atoms with Crippen molar-refractivity contribution in [2.24, 2.45) is 11.3 Å². The molecule has 2 N–H and O–H groups in total. The highest BCUT2D eigenvalue weighted by atomic mass is 32.2. The first-order chi connectivity index (χ1) is 9.55. The van der Waals surface area contributed by atoms with Gasteiger partial charge in [-0.25, -0.2) is 8.42 Å². The van der Waals surface area contributed by atoms with Crippen molar-refractivity contribution in [1.29, 1.82) is 0 Å². The van der Waals surface area contributed by atoms with Crippen LogP contribution in [0.15, 0.2) is 17.0 Å². The molecular weight excluding hydrogens is 284 g/mol. The third kappa shape index (κ3) is 2.94. The van der Waals surface area contributed by atoms with Crippen LogP contribution in [0.3, 0.4) is 0 Å². The Balaban J connectivity index is 2.39. The Morgan fingerprint density at radius 3 is 2.29 bits per heavy atom. The highest BCUT2D eigenvalue weighted by Crippen LogP contribution is 2.37. The van der Waals surface area contributed by atoms with Gasteiger partial charge < -0.3 is 5.73 Å². The van der Waals surface area contributed by atoms with Gasteiger partial charge in [0.05, 0.1) is 5.69 Å². The molecule has 1 unspecified atom stereocenters. The number of hydrogen-bond acceptors (Lipinski definition) is 3. The van der Waals surface area contributed by atoms with Crippen molar-refractivity contribution in [2.45, 2.75) is 45.9 Å². The zero-order chi connectivity index (χ0) is 16.0. The summed E-state index contributed by atoms with van der Waals surface area (Å²) in [5.41, 5.74) is 8.09. The molecule has 1 aromatic rings. The van der Waals surface area contributed by atoms with Crippen LogP contribution in [0.1, 0.15) is 38.3 Å². The maximum Gasteiger partial charge on any atom is 0.245 e. The van der Waals surface area contributed by atoms with Crippen LogP contribution >= 0.6 is 0 Å². The van der Waals surface area contributed by atoms with Crippen molar-refractivity contribution >= 4 is 15.7 Å². The molecular formula is C16H26N2O2S. The molecule has 1 atom stereocenters. The summed E-state index contributed by atoms with van der Waals surface area (Å²) in [6, 6.07) is 3.70. The summed E-state index contributed by atoms with van der Waals surface area (Å²) >= 11 is 0. The van der Waals surface area contributed by atoms with Crippen molar-refractivity contribution < 1.29 is 8.42 Å². The van der Waals surface area contributed by atoms with Crippen LogP contribution in [0.25, 0.3) is 0 Å². The van der Waals surface area contributed by atoms with Gasteiger partial charge in [0.25, 0.3) is 0 Å². The van der Waals surface area contributed by atoms with Crippen molar-refractivity contribution in [3.8, 4) is 0 Å². The van der Waals surface area contributed by atoms with E-state index in [0.29, 0.717) is 24.7 Å². The van der Waals surface area contributed by atoms with E-state index in [4.69, 9.17) is 5.73 Å². The number of aryl methyl sites for hydroxylation is 2. The summed E-state index contributed by atoms with van der Waals surface area (Å²) in [5.74, 6) is 0.388. The number of anilines is 1. The lowest BCUT2D eigenvalue weighted by Gasteiger charge is -2.27. The van der Waals surface area contributed by atoms with Gasteiger partial charge in [-0.05, 0) is 42.7 Å². The van der Waals surface area contributed by atoms with Gasteiger partial charge in [-0.3, -0.25) is 0 Å². The molecule has 21 heavy (non-hydrogen) atoms. The van der Waals surface area contributed by atoms with E-state index in [1.165, 1.54) is 0 Å². The van der Waals surface area contributed by atoms with Crippen LogP contribution in [0.2, 0.25) is 0 Å². The number of nitrogens with zero attached hydrogens (tertiary/aromatic N) is 1. The highest BCUT2D eigenvalue weighted by molar-refractivity contribution is 7.89.